The van der Waals surface area contributed by atoms with Crippen molar-refractivity contribution in [2.24, 2.45) is 5.73 Å². The number of alkyl halides is 2. The molecule has 0 bridgehead atoms. The topological polar surface area (TPSA) is 118 Å². The van der Waals surface area contributed by atoms with Crippen LogP contribution in [-0.4, -0.2) is 46.4 Å². The predicted molar refractivity (Wildman–Crippen MR) is 87.2 cm³/mol. The number of amides is 1. The van der Waals surface area contributed by atoms with E-state index >= 15 is 0 Å². The van der Waals surface area contributed by atoms with Crippen molar-refractivity contribution in [3.63, 3.8) is 0 Å². The van der Waals surface area contributed by atoms with Crippen molar-refractivity contribution in [1.29, 1.82) is 0 Å². The molecule has 1 saturated heterocycles. The van der Waals surface area contributed by atoms with E-state index in [4.69, 9.17) is 10.5 Å². The molecule has 1 fully saturated rings. The predicted octanol–water partition coefficient (Wildman–Crippen LogP) is 0.609. The van der Waals surface area contributed by atoms with Gasteiger partial charge in [-0.1, -0.05) is 0 Å². The number of aromatic amines is 1. The minimum atomic E-state index is -3.55. The number of nitrogens with one attached hydrogen (secondary N) is 3. The molecule has 4 heterocycles. The summed E-state index contributed by atoms with van der Waals surface area (Å²) >= 11 is 0. The number of pyridine rings is 1. The van der Waals surface area contributed by atoms with Gasteiger partial charge in [-0.05, 0) is 6.42 Å². The molecule has 0 aromatic carbocycles. The van der Waals surface area contributed by atoms with Crippen LogP contribution in [0, 0.1) is 5.82 Å². The summed E-state index contributed by atoms with van der Waals surface area (Å²) in [6.07, 6.45) is 2.57. The fourth-order valence-corrected chi connectivity index (χ4v) is 3.29. The van der Waals surface area contributed by atoms with Crippen molar-refractivity contribution >= 4 is 5.91 Å². The van der Waals surface area contributed by atoms with Gasteiger partial charge in [0.2, 0.25) is 0 Å². The summed E-state index contributed by atoms with van der Waals surface area (Å²) in [6, 6.07) is -4.82. The first-order valence-corrected chi connectivity index (χ1v) is 8.37. The Hall–Kier alpha value is -2.50. The highest BCUT2D eigenvalue weighted by molar-refractivity contribution is 5.98. The van der Waals surface area contributed by atoms with Crippen LogP contribution in [0.3, 0.4) is 0 Å². The van der Waals surface area contributed by atoms with Crippen molar-refractivity contribution in [3.05, 3.63) is 35.0 Å². The second-order valence-electron chi connectivity index (χ2n) is 6.51. The van der Waals surface area contributed by atoms with E-state index in [0.29, 0.717) is 13.0 Å². The molecule has 11 heteroatoms. The quantitative estimate of drug-likeness (QED) is 0.576. The molecule has 2 aliphatic heterocycles. The van der Waals surface area contributed by atoms with Crippen LogP contribution >= 0.6 is 0 Å². The van der Waals surface area contributed by atoms with E-state index < -0.39 is 35.5 Å². The van der Waals surface area contributed by atoms with E-state index in [9.17, 15) is 18.0 Å². The van der Waals surface area contributed by atoms with Gasteiger partial charge in [-0.25, -0.2) is 9.71 Å². The highest BCUT2D eigenvalue weighted by Crippen LogP contribution is 2.35. The number of carbonyl (C=O) groups excluding carboxylic acids is 1. The average Bonchev–Trinajstić information content (AvgIpc) is 3.26. The maximum atomic E-state index is 14.9. The molecular formula is C16H17F3N6O2. The fraction of sp³-hybridized carbons (Fsp3) is 0.438. The number of ether oxygens (including phenoxy) is 1. The fourth-order valence-electron chi connectivity index (χ4n) is 3.29. The zero-order valence-corrected chi connectivity index (χ0v) is 14.1. The number of H-pyrrole nitrogens is 1. The number of hydrogen-bond acceptors (Lipinski definition) is 6. The first-order valence-electron chi connectivity index (χ1n) is 8.37. The summed E-state index contributed by atoms with van der Waals surface area (Å²) < 4.78 is 49.7. The highest BCUT2D eigenvalue weighted by Gasteiger charge is 2.41. The molecule has 2 aliphatic rings. The SMILES string of the molecule is N[C@H]1COCC[C@H]1NC(F)(F)c1[nH]ncc1-c1ncc2c(c1F)CNC2=O. The molecule has 0 aliphatic carbocycles. The molecular weight excluding hydrogens is 365 g/mol. The van der Waals surface area contributed by atoms with Crippen LogP contribution in [0.5, 0.6) is 0 Å². The van der Waals surface area contributed by atoms with Gasteiger partial charge in [0.05, 0.1) is 23.9 Å². The molecule has 0 unspecified atom stereocenters. The van der Waals surface area contributed by atoms with Gasteiger partial charge in [-0.15, -0.1) is 0 Å². The van der Waals surface area contributed by atoms with Gasteiger partial charge in [0, 0.05) is 37.0 Å². The minimum absolute atomic E-state index is 0.0196. The van der Waals surface area contributed by atoms with E-state index in [1.54, 1.807) is 0 Å². The van der Waals surface area contributed by atoms with Crippen LogP contribution in [0.2, 0.25) is 0 Å². The van der Waals surface area contributed by atoms with Gasteiger partial charge in [0.1, 0.15) is 11.4 Å². The summed E-state index contributed by atoms with van der Waals surface area (Å²) in [5, 5.41) is 10.5. The second-order valence-corrected chi connectivity index (χ2v) is 6.51. The zero-order chi connectivity index (χ0) is 19.2. The number of nitrogens with zero attached hydrogens (tertiary/aromatic N) is 2. The number of carbonyl (C=O) groups is 1. The average molecular weight is 382 g/mol. The number of fused-ring (bicyclic) bond motifs is 1. The molecule has 1 amide bonds. The molecule has 4 rings (SSSR count). The van der Waals surface area contributed by atoms with Gasteiger partial charge in [-0.2, -0.15) is 13.9 Å². The lowest BCUT2D eigenvalue weighted by Gasteiger charge is -2.32. The molecule has 27 heavy (non-hydrogen) atoms. The largest absolute Gasteiger partial charge is 0.380 e. The summed E-state index contributed by atoms with van der Waals surface area (Å²) in [4.78, 5) is 15.5. The van der Waals surface area contributed by atoms with Crippen molar-refractivity contribution < 1.29 is 22.7 Å². The van der Waals surface area contributed by atoms with Gasteiger partial charge < -0.3 is 15.8 Å². The molecule has 5 N–H and O–H groups in total. The number of aromatic nitrogens is 3. The van der Waals surface area contributed by atoms with E-state index in [-0.39, 0.29) is 35.5 Å². The molecule has 0 radical (unpaired) electrons. The molecule has 0 saturated carbocycles. The van der Waals surface area contributed by atoms with Gasteiger partial charge >= 0.3 is 6.05 Å². The molecule has 8 nitrogen and oxygen atoms in total. The second kappa shape index (κ2) is 6.59. The van der Waals surface area contributed by atoms with Crippen LogP contribution < -0.4 is 16.4 Å². The Balaban J connectivity index is 1.68. The summed E-state index contributed by atoms with van der Waals surface area (Å²) in [7, 11) is 0. The van der Waals surface area contributed by atoms with Gasteiger partial charge in [0.25, 0.3) is 5.91 Å². The first kappa shape index (κ1) is 17.9. The molecule has 144 valence electrons. The van der Waals surface area contributed by atoms with E-state index in [1.165, 1.54) is 6.20 Å². The maximum absolute atomic E-state index is 14.9. The third-order valence-corrected chi connectivity index (χ3v) is 4.77. The molecule has 2 atom stereocenters. The van der Waals surface area contributed by atoms with E-state index in [1.807, 2.05) is 0 Å². The third kappa shape index (κ3) is 3.07. The smallest absolute Gasteiger partial charge is 0.346 e. The van der Waals surface area contributed by atoms with Crippen molar-refractivity contribution in [1.82, 2.24) is 25.8 Å². The van der Waals surface area contributed by atoms with Crippen molar-refractivity contribution in [2.45, 2.75) is 31.1 Å². The van der Waals surface area contributed by atoms with Crippen LogP contribution in [0.25, 0.3) is 11.3 Å². The zero-order valence-electron chi connectivity index (χ0n) is 14.1. The summed E-state index contributed by atoms with van der Waals surface area (Å²) in [6.45, 7) is 0.471. The lowest BCUT2D eigenvalue weighted by molar-refractivity contribution is -0.0715. The van der Waals surface area contributed by atoms with Crippen molar-refractivity contribution in [3.8, 4) is 11.3 Å². The van der Waals surface area contributed by atoms with Crippen LogP contribution in [0.15, 0.2) is 12.4 Å². The lowest BCUT2D eigenvalue weighted by atomic mass is 10.0. The van der Waals surface area contributed by atoms with E-state index in [0.717, 1.165) is 6.20 Å². The van der Waals surface area contributed by atoms with Gasteiger partial charge in [-0.3, -0.25) is 14.9 Å². The number of rotatable bonds is 4. The van der Waals surface area contributed by atoms with Crippen molar-refractivity contribution in [2.75, 3.05) is 13.2 Å². The Morgan fingerprint density at radius 1 is 1.33 bits per heavy atom. The van der Waals surface area contributed by atoms with Crippen LogP contribution in [-0.2, 0) is 17.3 Å². The first-order chi connectivity index (χ1) is 12.9. The van der Waals surface area contributed by atoms with Gasteiger partial charge in [0.15, 0.2) is 5.82 Å². The number of nitrogens with two attached hydrogens (primary N) is 1. The normalized spacial score (nSPS) is 22.6. The number of hydrogen-bond donors (Lipinski definition) is 4. The Kier molecular flexibility index (Phi) is 4.36. The number of halogens is 3. The monoisotopic (exact) mass is 382 g/mol. The Labute approximate surface area is 151 Å². The van der Waals surface area contributed by atoms with Crippen LogP contribution in [0.4, 0.5) is 13.2 Å². The molecule has 2 aromatic heterocycles. The molecule has 2 aromatic rings. The Bertz CT molecular complexity index is 887. The standard InChI is InChI=1S/C16H17F3N6O2/c17-12-7-3-22-15(26)8(7)4-21-13(12)9-5-23-25-14(9)16(18,19)24-11-1-2-27-6-10(11)20/h4-5,10-11,24H,1-3,6,20H2,(H,22,26)(H,23,25)/t10-,11+/m0/s1. The molecule has 0 spiro atoms. The van der Waals surface area contributed by atoms with E-state index in [2.05, 4.69) is 25.8 Å². The van der Waals surface area contributed by atoms with Crippen LogP contribution in [0.1, 0.15) is 28.0 Å². The minimum Gasteiger partial charge on any atom is -0.380 e. The highest BCUT2D eigenvalue weighted by atomic mass is 19.3. The Morgan fingerprint density at radius 3 is 2.93 bits per heavy atom. The maximum Gasteiger partial charge on any atom is 0.346 e. The Morgan fingerprint density at radius 2 is 2.15 bits per heavy atom. The third-order valence-electron chi connectivity index (χ3n) is 4.77. The lowest BCUT2D eigenvalue weighted by Crippen LogP contribution is -2.55. The summed E-state index contributed by atoms with van der Waals surface area (Å²) in [5.74, 6) is -1.28. The summed E-state index contributed by atoms with van der Waals surface area (Å²) in [5.41, 5.74) is 4.92.